The van der Waals surface area contributed by atoms with Crippen molar-refractivity contribution in [2.45, 2.75) is 0 Å². The van der Waals surface area contributed by atoms with E-state index in [0.29, 0.717) is 0 Å². The zero-order chi connectivity index (χ0) is 13.9. The molecule has 0 unspecified atom stereocenters. The third-order valence-electron chi connectivity index (χ3n) is 3.65. The maximum atomic E-state index is 4.81. The van der Waals surface area contributed by atoms with Crippen molar-refractivity contribution in [3.63, 3.8) is 0 Å². The molecule has 0 radical (unpaired) electrons. The Morgan fingerprint density at radius 1 is 0.952 bits per heavy atom. The molecule has 0 saturated heterocycles. The van der Waals surface area contributed by atoms with E-state index in [1.54, 1.807) is 0 Å². The maximum Gasteiger partial charge on any atom is 0.0824 e. The van der Waals surface area contributed by atoms with Gasteiger partial charge in [0.25, 0.3) is 0 Å². The van der Waals surface area contributed by atoms with Crippen LogP contribution in [-0.4, -0.2) is 9.55 Å². The molecular weight excluding hydrogens is 415 g/mol. The topological polar surface area (TPSA) is 17.8 Å². The molecule has 0 N–H and O–H groups in total. The van der Waals surface area contributed by atoms with Gasteiger partial charge in [0.05, 0.1) is 11.2 Å². The highest BCUT2D eigenvalue weighted by Gasteiger charge is 2.16. The van der Waals surface area contributed by atoms with Crippen LogP contribution >= 0.6 is 44.3 Å². The van der Waals surface area contributed by atoms with E-state index < -0.39 is 0 Å². The Morgan fingerprint density at radius 2 is 1.62 bits per heavy atom. The minimum Gasteiger partial charge on any atom is -0.350 e. The highest BCUT2D eigenvalue weighted by molar-refractivity contribution is 9.10. The molecule has 2 nitrogen and oxygen atoms in total. The first-order valence-corrected chi connectivity index (χ1v) is 7.85. The molecule has 0 spiro atoms. The summed E-state index contributed by atoms with van der Waals surface area (Å²) in [6.45, 7) is 0. The first-order valence-electron chi connectivity index (χ1n) is 6.27. The van der Waals surface area contributed by atoms with Crippen LogP contribution in [0.15, 0.2) is 51.5 Å². The van der Waals surface area contributed by atoms with Crippen LogP contribution in [0.2, 0.25) is 0 Å². The quantitative estimate of drug-likeness (QED) is 0.349. The molecule has 0 bridgehead atoms. The number of fused-ring (bicyclic) bond motifs is 5. The summed E-state index contributed by atoms with van der Waals surface area (Å²) in [5, 5.41) is 2.36. The molecule has 0 aromatic heterocycles. The Labute approximate surface area is 145 Å². The lowest BCUT2D eigenvalue weighted by Crippen LogP contribution is -1.95. The van der Waals surface area contributed by atoms with Crippen molar-refractivity contribution in [3.8, 4) is 11.3 Å². The second kappa shape index (κ2) is 5.27. The Morgan fingerprint density at radius 3 is 2.38 bits per heavy atom. The molecule has 0 amide bonds. The lowest BCUT2D eigenvalue weighted by molar-refractivity contribution is 0.955. The van der Waals surface area contributed by atoms with E-state index in [0.717, 1.165) is 20.2 Å². The predicted octanol–water partition coefficient (Wildman–Crippen LogP) is 5.78. The van der Waals surface area contributed by atoms with Gasteiger partial charge in [0.15, 0.2) is 0 Å². The van der Waals surface area contributed by atoms with Crippen LogP contribution in [-0.2, 0) is 7.05 Å². The molecule has 2 heterocycles. The number of aromatic nitrogens is 2. The van der Waals surface area contributed by atoms with E-state index in [9.17, 15) is 0 Å². The minimum atomic E-state index is 0. The Hall–Kier alpha value is -1.10. The number of halogens is 3. The molecule has 2 aromatic carbocycles. The zero-order valence-electron chi connectivity index (χ0n) is 11.1. The molecule has 5 heteroatoms. The van der Waals surface area contributed by atoms with Gasteiger partial charge in [-0.25, -0.2) is 4.98 Å². The summed E-state index contributed by atoms with van der Waals surface area (Å²) in [7, 11) is 2.08. The summed E-state index contributed by atoms with van der Waals surface area (Å²) < 4.78 is 4.31. The highest BCUT2D eigenvalue weighted by atomic mass is 79.9. The number of benzene rings is 2. The van der Waals surface area contributed by atoms with Crippen LogP contribution in [0.25, 0.3) is 33.1 Å². The predicted molar refractivity (Wildman–Crippen MR) is 97.5 cm³/mol. The fourth-order valence-corrected chi connectivity index (χ4v) is 3.46. The first-order chi connectivity index (χ1) is 9.63. The van der Waals surface area contributed by atoms with E-state index in [2.05, 4.69) is 80.0 Å². The standard InChI is InChI=1S/C16H10Br2N2.ClH/c1-20-8-13-11-6-9(17)2-4-14(11)19-16(13)12-7-10(18)3-5-15(12)20;/h2-8H,1H3;1H. The van der Waals surface area contributed by atoms with Crippen LogP contribution < -0.4 is 0 Å². The van der Waals surface area contributed by atoms with Crippen LogP contribution in [0, 0.1) is 0 Å². The minimum absolute atomic E-state index is 0. The summed E-state index contributed by atoms with van der Waals surface area (Å²) >= 11 is 7.09. The van der Waals surface area contributed by atoms with Crippen molar-refractivity contribution in [2.75, 3.05) is 0 Å². The fourth-order valence-electron chi connectivity index (χ4n) is 2.73. The molecule has 2 aliphatic heterocycles. The van der Waals surface area contributed by atoms with E-state index in [-0.39, 0.29) is 12.4 Å². The monoisotopic (exact) mass is 424 g/mol. The molecule has 0 aliphatic carbocycles. The molecular formula is C16H11Br2ClN2. The molecule has 4 rings (SSSR count). The number of nitrogens with zero attached hydrogens (tertiary/aromatic N) is 2. The maximum absolute atomic E-state index is 4.81. The van der Waals surface area contributed by atoms with Crippen LogP contribution in [0.4, 0.5) is 0 Å². The lowest BCUT2D eigenvalue weighted by atomic mass is 10.1. The third-order valence-corrected chi connectivity index (χ3v) is 4.64. The van der Waals surface area contributed by atoms with E-state index in [1.165, 1.54) is 21.9 Å². The van der Waals surface area contributed by atoms with Gasteiger partial charge in [0.1, 0.15) is 0 Å². The second-order valence-corrected chi connectivity index (χ2v) is 6.77. The van der Waals surface area contributed by atoms with Gasteiger partial charge >= 0.3 is 0 Å². The molecule has 21 heavy (non-hydrogen) atoms. The number of hydrogen-bond donors (Lipinski definition) is 0. The largest absolute Gasteiger partial charge is 0.350 e. The normalized spacial score (nSPS) is 11.2. The summed E-state index contributed by atoms with van der Waals surface area (Å²) in [6, 6.07) is 12.5. The highest BCUT2D eigenvalue weighted by Crippen LogP contribution is 2.38. The van der Waals surface area contributed by atoms with Gasteiger partial charge < -0.3 is 4.57 Å². The number of rotatable bonds is 0. The lowest BCUT2D eigenvalue weighted by Gasteiger charge is -2.10. The fraction of sp³-hybridized carbons (Fsp3) is 0.0625. The van der Waals surface area contributed by atoms with E-state index in [4.69, 9.17) is 4.98 Å². The second-order valence-electron chi connectivity index (χ2n) is 4.94. The summed E-state index contributed by atoms with van der Waals surface area (Å²) in [6.07, 6.45) is 2.16. The van der Waals surface area contributed by atoms with Crippen LogP contribution in [0.5, 0.6) is 0 Å². The average molecular weight is 427 g/mol. The van der Waals surface area contributed by atoms with Crippen molar-refractivity contribution < 1.29 is 0 Å². The molecule has 2 aliphatic rings. The smallest absolute Gasteiger partial charge is 0.0824 e. The molecule has 2 aromatic rings. The van der Waals surface area contributed by atoms with Gasteiger partial charge in [-0.1, -0.05) is 31.9 Å². The number of pyridine rings is 1. The van der Waals surface area contributed by atoms with Crippen LogP contribution in [0.3, 0.4) is 0 Å². The Kier molecular flexibility index (Phi) is 3.72. The molecule has 0 fully saturated rings. The molecule has 0 atom stereocenters. The van der Waals surface area contributed by atoms with Gasteiger partial charge in [-0.3, -0.25) is 0 Å². The van der Waals surface area contributed by atoms with Crippen molar-refractivity contribution in [1.82, 2.24) is 9.55 Å². The van der Waals surface area contributed by atoms with Crippen molar-refractivity contribution in [1.29, 1.82) is 0 Å². The Balaban J connectivity index is 0.00000132. The third kappa shape index (κ3) is 2.26. The molecule has 0 saturated carbocycles. The van der Waals surface area contributed by atoms with Gasteiger partial charge in [0.2, 0.25) is 0 Å². The van der Waals surface area contributed by atoms with Crippen molar-refractivity contribution in [2.24, 2.45) is 7.05 Å². The van der Waals surface area contributed by atoms with Gasteiger partial charge in [0, 0.05) is 44.0 Å². The zero-order valence-corrected chi connectivity index (χ0v) is 15.1. The van der Waals surface area contributed by atoms with Gasteiger partial charge in [-0.2, -0.15) is 0 Å². The SMILES string of the molecule is Cl.Cn1cc2c3cc(Br)ccc3nc-2c2cc(Br)ccc21. The van der Waals surface area contributed by atoms with Crippen molar-refractivity contribution >= 4 is 66.1 Å². The number of hydrogen-bond acceptors (Lipinski definition) is 1. The molecule has 106 valence electrons. The summed E-state index contributed by atoms with van der Waals surface area (Å²) in [5.41, 5.74) is 4.47. The van der Waals surface area contributed by atoms with Gasteiger partial charge in [-0.05, 0) is 36.4 Å². The summed E-state index contributed by atoms with van der Waals surface area (Å²) in [4.78, 5) is 4.81. The van der Waals surface area contributed by atoms with Crippen LogP contribution in [0.1, 0.15) is 0 Å². The Bertz CT molecular complexity index is 946. The van der Waals surface area contributed by atoms with E-state index >= 15 is 0 Å². The first kappa shape index (κ1) is 14.8. The van der Waals surface area contributed by atoms with E-state index in [1.807, 2.05) is 6.07 Å². The van der Waals surface area contributed by atoms with Gasteiger partial charge in [-0.15, -0.1) is 12.4 Å². The summed E-state index contributed by atoms with van der Waals surface area (Å²) in [5.74, 6) is 0. The average Bonchev–Trinajstić information content (AvgIpc) is 2.77. The number of aryl methyl sites for hydroxylation is 1. The van der Waals surface area contributed by atoms with Crippen molar-refractivity contribution in [3.05, 3.63) is 51.5 Å².